The van der Waals surface area contributed by atoms with Gasteiger partial charge in [-0.05, 0) is 19.3 Å². The zero-order chi connectivity index (χ0) is 17.1. The van der Waals surface area contributed by atoms with Gasteiger partial charge in [-0.1, -0.05) is 26.0 Å². The number of rotatable bonds is 4. The average Bonchev–Trinajstić information content (AvgIpc) is 3.27. The number of guanidine groups is 1. The van der Waals surface area contributed by atoms with E-state index >= 15 is 0 Å². The first kappa shape index (κ1) is 17.4. The molecule has 1 N–H and O–H groups in total. The highest BCUT2D eigenvalue weighted by molar-refractivity contribution is 7.11. The van der Waals surface area contributed by atoms with Crippen molar-refractivity contribution < 1.29 is 0 Å². The molecule has 1 atom stereocenters. The van der Waals surface area contributed by atoms with Crippen molar-refractivity contribution in [1.82, 2.24) is 20.1 Å². The first-order valence-corrected chi connectivity index (χ1v) is 9.71. The van der Waals surface area contributed by atoms with Gasteiger partial charge in [0, 0.05) is 44.1 Å². The minimum absolute atomic E-state index is 0.489. The zero-order valence-electron chi connectivity index (χ0n) is 15.2. The molecule has 5 nitrogen and oxygen atoms in total. The maximum absolute atomic E-state index is 4.79. The van der Waals surface area contributed by atoms with Crippen LogP contribution in [0.25, 0.3) is 0 Å². The quantitative estimate of drug-likeness (QED) is 0.516. The molecular formula is C18H29N5S. The van der Waals surface area contributed by atoms with E-state index in [1.165, 1.54) is 17.0 Å². The number of nitrogens with zero attached hydrogens (tertiary/aromatic N) is 4. The van der Waals surface area contributed by atoms with Gasteiger partial charge in [0.15, 0.2) is 5.96 Å². The van der Waals surface area contributed by atoms with Gasteiger partial charge in [0.1, 0.15) is 5.01 Å². The molecule has 1 saturated heterocycles. The molecule has 2 aliphatic heterocycles. The summed E-state index contributed by atoms with van der Waals surface area (Å²) in [5, 5.41) is 4.66. The van der Waals surface area contributed by atoms with E-state index in [2.05, 4.69) is 53.0 Å². The highest BCUT2D eigenvalue weighted by atomic mass is 32.1. The molecule has 6 heteroatoms. The summed E-state index contributed by atoms with van der Waals surface area (Å²) < 4.78 is 0. The van der Waals surface area contributed by atoms with Gasteiger partial charge in [-0.15, -0.1) is 11.3 Å². The molecular weight excluding hydrogens is 318 g/mol. The van der Waals surface area contributed by atoms with Crippen molar-refractivity contribution in [2.75, 3.05) is 33.2 Å². The smallest absolute Gasteiger partial charge is 0.194 e. The first-order chi connectivity index (χ1) is 11.6. The summed E-state index contributed by atoms with van der Waals surface area (Å²) in [6.07, 6.45) is 5.76. The van der Waals surface area contributed by atoms with E-state index in [9.17, 15) is 0 Å². The van der Waals surface area contributed by atoms with Crippen LogP contribution in [0, 0.1) is 6.92 Å². The van der Waals surface area contributed by atoms with Crippen LogP contribution in [-0.2, 0) is 6.54 Å². The summed E-state index contributed by atoms with van der Waals surface area (Å²) in [7, 11) is 1.87. The van der Waals surface area contributed by atoms with E-state index in [4.69, 9.17) is 4.98 Å². The fourth-order valence-corrected chi connectivity index (χ4v) is 4.62. The van der Waals surface area contributed by atoms with Gasteiger partial charge >= 0.3 is 0 Å². The molecule has 0 aromatic carbocycles. The Morgan fingerprint density at radius 1 is 1.42 bits per heavy atom. The Hall–Kier alpha value is -1.40. The van der Waals surface area contributed by atoms with E-state index in [0.717, 1.165) is 43.7 Å². The first-order valence-electron chi connectivity index (χ1n) is 8.89. The Morgan fingerprint density at radius 2 is 2.17 bits per heavy atom. The van der Waals surface area contributed by atoms with Crippen LogP contribution in [0.4, 0.5) is 0 Å². The number of hydrogen-bond acceptors (Lipinski definition) is 4. The van der Waals surface area contributed by atoms with E-state index in [0.29, 0.717) is 12.0 Å². The maximum Gasteiger partial charge on any atom is 0.194 e. The molecule has 1 unspecified atom stereocenters. The fourth-order valence-electron chi connectivity index (χ4n) is 3.59. The van der Waals surface area contributed by atoms with Crippen LogP contribution in [0.2, 0.25) is 0 Å². The van der Waals surface area contributed by atoms with Crippen LogP contribution in [0.1, 0.15) is 41.8 Å². The molecule has 2 aliphatic rings. The Kier molecular flexibility index (Phi) is 5.56. The lowest BCUT2D eigenvalue weighted by atomic mass is 10.1. The third-order valence-corrected chi connectivity index (χ3v) is 5.85. The number of aryl methyl sites for hydroxylation is 1. The summed E-state index contributed by atoms with van der Waals surface area (Å²) in [5.74, 6) is 1.49. The predicted octanol–water partition coefficient (Wildman–Crippen LogP) is 2.60. The van der Waals surface area contributed by atoms with Gasteiger partial charge in [-0.2, -0.15) is 0 Å². The van der Waals surface area contributed by atoms with Crippen molar-refractivity contribution in [3.05, 3.63) is 27.7 Å². The Labute approximate surface area is 149 Å². The third-order valence-electron chi connectivity index (χ3n) is 4.86. The lowest BCUT2D eigenvalue weighted by Gasteiger charge is -2.25. The summed E-state index contributed by atoms with van der Waals surface area (Å²) in [4.78, 5) is 15.5. The SMILES string of the molecule is CN=C(NCc1nc(C(C)C)c(C)s1)N1CCC(N2CC=CC2)C1. The van der Waals surface area contributed by atoms with Crippen molar-refractivity contribution in [3.63, 3.8) is 0 Å². The Bertz CT molecular complexity index is 611. The summed E-state index contributed by atoms with van der Waals surface area (Å²) in [5.41, 5.74) is 1.23. The second kappa shape index (κ2) is 7.66. The summed E-state index contributed by atoms with van der Waals surface area (Å²) in [6.45, 7) is 11.7. The van der Waals surface area contributed by atoms with Crippen molar-refractivity contribution >= 4 is 17.3 Å². The van der Waals surface area contributed by atoms with Crippen LogP contribution in [0.15, 0.2) is 17.1 Å². The van der Waals surface area contributed by atoms with Crippen molar-refractivity contribution in [1.29, 1.82) is 0 Å². The standard InChI is InChI=1S/C18H29N5S/c1-13(2)17-14(3)24-16(21-17)11-20-18(19-4)23-10-7-15(12-23)22-8-5-6-9-22/h5-6,13,15H,7-12H2,1-4H3,(H,19,20). The zero-order valence-corrected chi connectivity index (χ0v) is 16.1. The van der Waals surface area contributed by atoms with Gasteiger partial charge in [0.05, 0.1) is 12.2 Å². The maximum atomic E-state index is 4.79. The largest absolute Gasteiger partial charge is 0.350 e. The second-order valence-electron chi connectivity index (χ2n) is 6.92. The van der Waals surface area contributed by atoms with Gasteiger partial charge < -0.3 is 10.2 Å². The van der Waals surface area contributed by atoms with E-state index in [1.807, 2.05) is 7.05 Å². The number of likely N-dealkylation sites (tertiary alicyclic amines) is 1. The summed E-state index contributed by atoms with van der Waals surface area (Å²) >= 11 is 1.80. The molecule has 1 aromatic rings. The van der Waals surface area contributed by atoms with Crippen LogP contribution < -0.4 is 5.32 Å². The molecule has 0 amide bonds. The molecule has 0 radical (unpaired) electrons. The van der Waals surface area contributed by atoms with Crippen LogP contribution in [0.5, 0.6) is 0 Å². The van der Waals surface area contributed by atoms with Gasteiger partial charge in [0.2, 0.25) is 0 Å². The average molecular weight is 348 g/mol. The van der Waals surface area contributed by atoms with E-state index < -0.39 is 0 Å². The Morgan fingerprint density at radius 3 is 2.79 bits per heavy atom. The molecule has 132 valence electrons. The number of aromatic nitrogens is 1. The van der Waals surface area contributed by atoms with Crippen LogP contribution >= 0.6 is 11.3 Å². The number of aliphatic imine (C=N–C) groups is 1. The molecule has 24 heavy (non-hydrogen) atoms. The minimum Gasteiger partial charge on any atom is -0.350 e. The highest BCUT2D eigenvalue weighted by Gasteiger charge is 2.29. The molecule has 0 bridgehead atoms. The molecule has 0 spiro atoms. The van der Waals surface area contributed by atoms with Gasteiger partial charge in [-0.25, -0.2) is 4.98 Å². The summed E-state index contributed by atoms with van der Waals surface area (Å²) in [6, 6.07) is 0.646. The van der Waals surface area contributed by atoms with Gasteiger partial charge in [-0.3, -0.25) is 9.89 Å². The molecule has 0 aliphatic carbocycles. The molecule has 3 rings (SSSR count). The number of nitrogens with one attached hydrogen (secondary N) is 1. The molecule has 1 fully saturated rings. The molecule has 0 saturated carbocycles. The highest BCUT2D eigenvalue weighted by Crippen LogP contribution is 2.24. The van der Waals surface area contributed by atoms with Crippen molar-refractivity contribution in [2.45, 2.75) is 45.7 Å². The fraction of sp³-hybridized carbons (Fsp3) is 0.667. The monoisotopic (exact) mass is 347 g/mol. The topological polar surface area (TPSA) is 43.8 Å². The lowest BCUT2D eigenvalue weighted by molar-refractivity contribution is 0.259. The predicted molar refractivity (Wildman–Crippen MR) is 102 cm³/mol. The normalized spacial score (nSPS) is 22.1. The van der Waals surface area contributed by atoms with Crippen LogP contribution in [0.3, 0.4) is 0 Å². The van der Waals surface area contributed by atoms with E-state index in [-0.39, 0.29) is 0 Å². The van der Waals surface area contributed by atoms with Crippen molar-refractivity contribution in [2.24, 2.45) is 4.99 Å². The Balaban J connectivity index is 1.55. The molecule has 1 aromatic heterocycles. The minimum atomic E-state index is 0.489. The number of thiazole rings is 1. The molecule has 3 heterocycles. The van der Waals surface area contributed by atoms with E-state index in [1.54, 1.807) is 11.3 Å². The lowest BCUT2D eigenvalue weighted by Crippen LogP contribution is -2.42. The second-order valence-corrected chi connectivity index (χ2v) is 8.21. The van der Waals surface area contributed by atoms with Crippen LogP contribution in [-0.4, -0.2) is 60.0 Å². The number of hydrogen-bond donors (Lipinski definition) is 1. The third kappa shape index (κ3) is 3.81. The van der Waals surface area contributed by atoms with Gasteiger partial charge in [0.25, 0.3) is 0 Å². The van der Waals surface area contributed by atoms with Crippen molar-refractivity contribution in [3.8, 4) is 0 Å².